The third kappa shape index (κ3) is 5.15. The Labute approximate surface area is 209 Å². The zero-order chi connectivity index (χ0) is 24.9. The summed E-state index contributed by atoms with van der Waals surface area (Å²) >= 11 is 6.19. The van der Waals surface area contributed by atoms with E-state index >= 15 is 0 Å². The van der Waals surface area contributed by atoms with Crippen LogP contribution < -0.4 is 9.47 Å². The van der Waals surface area contributed by atoms with E-state index in [9.17, 15) is 9.59 Å². The smallest absolute Gasteiger partial charge is 0.262 e. The van der Waals surface area contributed by atoms with E-state index in [2.05, 4.69) is 0 Å². The monoisotopic (exact) mass is 491 g/mol. The highest BCUT2D eigenvalue weighted by Crippen LogP contribution is 2.37. The van der Waals surface area contributed by atoms with Crippen LogP contribution >= 0.6 is 11.6 Å². The number of hydrazone groups is 1. The first-order valence-corrected chi connectivity index (χ1v) is 11.5. The standard InChI is InChI=1S/C27H26ClN3O4/c1-30(27(33)20-11-4-6-13-22(20)28)17-26(32)31-24(21-12-5-7-14-25(21)35-3)16-23(29-31)18-9-8-10-19(15-18)34-2/h4-15,24H,16-17H2,1-3H3/t24-/m0/s1. The molecule has 8 heteroatoms. The number of benzene rings is 3. The van der Waals surface area contributed by atoms with Crippen LogP contribution in [0.1, 0.15) is 33.9 Å². The molecule has 0 saturated carbocycles. The molecule has 0 fully saturated rings. The maximum atomic E-state index is 13.5. The number of hydrogen-bond acceptors (Lipinski definition) is 5. The number of carbonyl (C=O) groups excluding carboxylic acids is 2. The molecule has 0 radical (unpaired) electrons. The summed E-state index contributed by atoms with van der Waals surface area (Å²) in [6, 6.07) is 21.5. The number of para-hydroxylation sites is 1. The minimum Gasteiger partial charge on any atom is -0.497 e. The second kappa shape index (κ2) is 10.6. The molecule has 180 valence electrons. The number of hydrogen-bond donors (Lipinski definition) is 0. The summed E-state index contributed by atoms with van der Waals surface area (Å²) in [4.78, 5) is 27.8. The van der Waals surface area contributed by atoms with Crippen LogP contribution in [0.25, 0.3) is 0 Å². The quantitative estimate of drug-likeness (QED) is 0.475. The van der Waals surface area contributed by atoms with E-state index in [1.165, 1.54) is 9.91 Å². The first kappa shape index (κ1) is 24.3. The van der Waals surface area contributed by atoms with Crippen LogP contribution in [0.5, 0.6) is 11.5 Å². The molecule has 0 aromatic heterocycles. The number of halogens is 1. The lowest BCUT2D eigenvalue weighted by Gasteiger charge is -2.26. The van der Waals surface area contributed by atoms with Gasteiger partial charge in [0.1, 0.15) is 18.0 Å². The first-order chi connectivity index (χ1) is 16.9. The van der Waals surface area contributed by atoms with E-state index in [0.29, 0.717) is 28.5 Å². The van der Waals surface area contributed by atoms with Crippen molar-refractivity contribution in [2.45, 2.75) is 12.5 Å². The van der Waals surface area contributed by atoms with Crippen molar-refractivity contribution in [1.29, 1.82) is 0 Å². The topological polar surface area (TPSA) is 71.4 Å². The summed E-state index contributed by atoms with van der Waals surface area (Å²) in [6.07, 6.45) is 0.488. The second-order valence-corrected chi connectivity index (χ2v) is 8.53. The van der Waals surface area contributed by atoms with Gasteiger partial charge in [-0.25, -0.2) is 5.01 Å². The molecule has 4 rings (SSSR count). The van der Waals surface area contributed by atoms with Gasteiger partial charge in [-0.1, -0.05) is 54.1 Å². The molecule has 0 spiro atoms. The Morgan fingerprint density at radius 3 is 2.51 bits per heavy atom. The zero-order valence-electron chi connectivity index (χ0n) is 19.8. The molecular formula is C27H26ClN3O4. The lowest BCUT2D eigenvalue weighted by atomic mass is 9.97. The summed E-state index contributed by atoms with van der Waals surface area (Å²) < 4.78 is 10.9. The van der Waals surface area contributed by atoms with E-state index in [1.807, 2.05) is 48.5 Å². The summed E-state index contributed by atoms with van der Waals surface area (Å²) in [5, 5.41) is 6.48. The van der Waals surface area contributed by atoms with Crippen molar-refractivity contribution in [1.82, 2.24) is 9.91 Å². The minimum atomic E-state index is -0.385. The van der Waals surface area contributed by atoms with Crippen LogP contribution in [0.4, 0.5) is 0 Å². The minimum absolute atomic E-state index is 0.162. The average Bonchev–Trinajstić information content (AvgIpc) is 3.34. The number of nitrogens with zero attached hydrogens (tertiary/aromatic N) is 3. The number of methoxy groups -OCH3 is 2. The van der Waals surface area contributed by atoms with E-state index < -0.39 is 0 Å². The lowest BCUT2D eigenvalue weighted by Crippen LogP contribution is -2.39. The van der Waals surface area contributed by atoms with Crippen molar-refractivity contribution in [3.05, 3.63) is 94.5 Å². The molecule has 0 bridgehead atoms. The molecule has 3 aromatic rings. The third-order valence-corrected chi connectivity index (χ3v) is 6.22. The Morgan fingerprint density at radius 2 is 1.77 bits per heavy atom. The van der Waals surface area contributed by atoms with Crippen molar-refractivity contribution in [2.24, 2.45) is 5.10 Å². The van der Waals surface area contributed by atoms with Gasteiger partial charge in [-0.2, -0.15) is 5.10 Å². The largest absolute Gasteiger partial charge is 0.497 e. The van der Waals surface area contributed by atoms with Gasteiger partial charge in [0.05, 0.1) is 36.6 Å². The predicted octanol–water partition coefficient (Wildman–Crippen LogP) is 4.81. The molecule has 0 aliphatic carbocycles. The van der Waals surface area contributed by atoms with Crippen LogP contribution in [-0.2, 0) is 4.79 Å². The number of carbonyl (C=O) groups is 2. The Balaban J connectivity index is 1.64. The van der Waals surface area contributed by atoms with Crippen molar-refractivity contribution in [3.63, 3.8) is 0 Å². The fourth-order valence-corrected chi connectivity index (χ4v) is 4.31. The van der Waals surface area contributed by atoms with Gasteiger partial charge in [0.25, 0.3) is 11.8 Å². The molecule has 1 aliphatic heterocycles. The lowest BCUT2D eigenvalue weighted by molar-refractivity contribution is -0.133. The fraction of sp³-hybridized carbons (Fsp3) is 0.222. The SMILES string of the molecule is COc1cccc(C2=NN(C(=O)CN(C)C(=O)c3ccccc3Cl)[C@H](c3ccccc3OC)C2)c1. The van der Waals surface area contributed by atoms with Crippen LogP contribution in [0.2, 0.25) is 5.02 Å². The first-order valence-electron chi connectivity index (χ1n) is 11.1. The molecule has 3 aromatic carbocycles. The van der Waals surface area contributed by atoms with Gasteiger partial charge in [0.15, 0.2) is 0 Å². The van der Waals surface area contributed by atoms with Crippen molar-refractivity contribution in [2.75, 3.05) is 27.8 Å². The van der Waals surface area contributed by atoms with Gasteiger partial charge in [-0.05, 0) is 30.3 Å². The summed E-state index contributed by atoms with van der Waals surface area (Å²) in [5.41, 5.74) is 2.78. The Morgan fingerprint density at radius 1 is 1.03 bits per heavy atom. The van der Waals surface area contributed by atoms with Gasteiger partial charge in [0, 0.05) is 24.6 Å². The van der Waals surface area contributed by atoms with Crippen LogP contribution in [0, 0.1) is 0 Å². The maximum Gasteiger partial charge on any atom is 0.262 e. The van der Waals surface area contributed by atoms with E-state index in [0.717, 1.165) is 16.8 Å². The molecule has 1 aliphatic rings. The molecule has 2 amide bonds. The number of amides is 2. The molecule has 0 saturated heterocycles. The zero-order valence-corrected chi connectivity index (χ0v) is 20.5. The maximum absolute atomic E-state index is 13.5. The predicted molar refractivity (Wildman–Crippen MR) is 135 cm³/mol. The van der Waals surface area contributed by atoms with Gasteiger partial charge < -0.3 is 14.4 Å². The molecule has 1 atom stereocenters. The third-order valence-electron chi connectivity index (χ3n) is 5.89. The normalized spacial score (nSPS) is 14.9. The number of ether oxygens (including phenoxy) is 2. The van der Waals surface area contributed by atoms with Gasteiger partial charge in [-0.15, -0.1) is 0 Å². The van der Waals surface area contributed by atoms with E-state index in [4.69, 9.17) is 26.2 Å². The highest BCUT2D eigenvalue weighted by molar-refractivity contribution is 6.33. The molecular weight excluding hydrogens is 466 g/mol. The fourth-order valence-electron chi connectivity index (χ4n) is 4.09. The summed E-state index contributed by atoms with van der Waals surface area (Å²) in [7, 11) is 4.78. The van der Waals surface area contributed by atoms with Gasteiger partial charge >= 0.3 is 0 Å². The van der Waals surface area contributed by atoms with Gasteiger partial charge in [-0.3, -0.25) is 9.59 Å². The number of rotatable bonds is 7. The molecule has 35 heavy (non-hydrogen) atoms. The average molecular weight is 492 g/mol. The molecule has 1 heterocycles. The highest BCUT2D eigenvalue weighted by atomic mass is 35.5. The van der Waals surface area contributed by atoms with Crippen molar-refractivity contribution >= 4 is 29.1 Å². The second-order valence-electron chi connectivity index (χ2n) is 8.12. The molecule has 7 nitrogen and oxygen atoms in total. The summed E-state index contributed by atoms with van der Waals surface area (Å²) in [5.74, 6) is 0.711. The van der Waals surface area contributed by atoms with E-state index in [1.54, 1.807) is 45.5 Å². The Hall–Kier alpha value is -3.84. The molecule has 0 N–H and O–H groups in total. The van der Waals surface area contributed by atoms with Crippen molar-refractivity contribution < 1.29 is 19.1 Å². The Bertz CT molecular complexity index is 1280. The number of likely N-dealkylation sites (N-methyl/N-ethyl adjacent to an activating group) is 1. The van der Waals surface area contributed by atoms with Crippen LogP contribution in [0.3, 0.4) is 0 Å². The highest BCUT2D eigenvalue weighted by Gasteiger charge is 2.35. The van der Waals surface area contributed by atoms with Gasteiger partial charge in [0.2, 0.25) is 0 Å². The van der Waals surface area contributed by atoms with E-state index in [-0.39, 0.29) is 24.4 Å². The molecule has 0 unspecified atom stereocenters. The van der Waals surface area contributed by atoms with Crippen LogP contribution in [-0.4, -0.2) is 55.2 Å². The van der Waals surface area contributed by atoms with Crippen LogP contribution in [0.15, 0.2) is 77.9 Å². The Kier molecular flexibility index (Phi) is 7.36. The van der Waals surface area contributed by atoms with Crippen molar-refractivity contribution in [3.8, 4) is 11.5 Å². The summed E-state index contributed by atoms with van der Waals surface area (Å²) in [6.45, 7) is -0.162.